The van der Waals surface area contributed by atoms with Crippen LogP contribution in [0.15, 0.2) is 24.3 Å². The zero-order valence-corrected chi connectivity index (χ0v) is 8.49. The lowest BCUT2D eigenvalue weighted by Crippen LogP contribution is -2.16. The Morgan fingerprint density at radius 3 is 2.43 bits per heavy atom. The van der Waals surface area contributed by atoms with E-state index < -0.39 is 6.09 Å². The van der Waals surface area contributed by atoms with Gasteiger partial charge in [0.15, 0.2) is 0 Å². The Morgan fingerprint density at radius 1 is 1.43 bits per heavy atom. The molecule has 0 bridgehead atoms. The summed E-state index contributed by atoms with van der Waals surface area (Å²) in [5, 5.41) is 0. The first-order valence-electron chi connectivity index (χ1n) is 4.66. The third kappa shape index (κ3) is 2.76. The van der Waals surface area contributed by atoms with Crippen molar-refractivity contribution in [1.82, 2.24) is 0 Å². The van der Waals surface area contributed by atoms with Gasteiger partial charge in [-0.3, -0.25) is 0 Å². The summed E-state index contributed by atoms with van der Waals surface area (Å²) in [6.07, 6.45) is -0.225. The van der Waals surface area contributed by atoms with Crippen LogP contribution in [0.3, 0.4) is 0 Å². The average molecular weight is 193 g/mol. The standard InChI is InChI=1S/C11H15NO2/c1-3-10(14-11(12)13)9-6-4-8(2)5-7-9/h4-7,10H,3H2,1-2H3,(H2,12,13). The van der Waals surface area contributed by atoms with E-state index in [1.54, 1.807) is 0 Å². The molecule has 14 heavy (non-hydrogen) atoms. The normalized spacial score (nSPS) is 12.1. The lowest BCUT2D eigenvalue weighted by Gasteiger charge is -2.14. The maximum absolute atomic E-state index is 10.6. The summed E-state index contributed by atoms with van der Waals surface area (Å²) in [4.78, 5) is 10.6. The number of rotatable bonds is 3. The summed E-state index contributed by atoms with van der Waals surface area (Å²) < 4.78 is 4.96. The predicted molar refractivity (Wildman–Crippen MR) is 54.9 cm³/mol. The van der Waals surface area contributed by atoms with Gasteiger partial charge in [-0.25, -0.2) is 4.79 Å². The molecule has 1 rings (SSSR count). The quantitative estimate of drug-likeness (QED) is 0.802. The number of primary amides is 1. The summed E-state index contributed by atoms with van der Waals surface area (Å²) in [6.45, 7) is 3.97. The third-order valence-corrected chi connectivity index (χ3v) is 2.08. The van der Waals surface area contributed by atoms with Gasteiger partial charge in [0.05, 0.1) is 0 Å². The van der Waals surface area contributed by atoms with Gasteiger partial charge < -0.3 is 10.5 Å². The Hall–Kier alpha value is -1.51. The summed E-state index contributed by atoms with van der Waals surface area (Å²) in [7, 11) is 0. The van der Waals surface area contributed by atoms with Gasteiger partial charge in [0.25, 0.3) is 0 Å². The Morgan fingerprint density at radius 2 is 2.00 bits per heavy atom. The molecule has 1 amide bonds. The van der Waals surface area contributed by atoms with E-state index in [1.165, 1.54) is 5.56 Å². The van der Waals surface area contributed by atoms with Crippen molar-refractivity contribution in [3.63, 3.8) is 0 Å². The van der Waals surface area contributed by atoms with Gasteiger partial charge in [0.2, 0.25) is 0 Å². The Kier molecular flexibility index (Phi) is 3.51. The lowest BCUT2D eigenvalue weighted by atomic mass is 10.1. The van der Waals surface area contributed by atoms with Crippen molar-refractivity contribution in [2.45, 2.75) is 26.4 Å². The monoisotopic (exact) mass is 193 g/mol. The molecule has 76 valence electrons. The molecule has 0 radical (unpaired) electrons. The van der Waals surface area contributed by atoms with Crippen molar-refractivity contribution in [2.75, 3.05) is 0 Å². The molecule has 0 aliphatic rings. The van der Waals surface area contributed by atoms with Crippen LogP contribution in [-0.2, 0) is 4.74 Å². The van der Waals surface area contributed by atoms with Crippen molar-refractivity contribution in [2.24, 2.45) is 5.73 Å². The van der Waals surface area contributed by atoms with Crippen LogP contribution in [0.2, 0.25) is 0 Å². The average Bonchev–Trinajstić information content (AvgIpc) is 2.15. The van der Waals surface area contributed by atoms with Gasteiger partial charge >= 0.3 is 6.09 Å². The van der Waals surface area contributed by atoms with Crippen LogP contribution in [-0.4, -0.2) is 6.09 Å². The van der Waals surface area contributed by atoms with Crippen molar-refractivity contribution in [3.05, 3.63) is 35.4 Å². The molecule has 3 heteroatoms. The third-order valence-electron chi connectivity index (χ3n) is 2.08. The maximum atomic E-state index is 10.6. The van der Waals surface area contributed by atoms with Gasteiger partial charge in [-0.2, -0.15) is 0 Å². The van der Waals surface area contributed by atoms with E-state index in [2.05, 4.69) is 0 Å². The second-order valence-electron chi connectivity index (χ2n) is 3.24. The number of hydrogen-bond acceptors (Lipinski definition) is 2. The molecule has 2 N–H and O–H groups in total. The number of amides is 1. The van der Waals surface area contributed by atoms with Gasteiger partial charge in [-0.05, 0) is 18.9 Å². The number of hydrogen-bond donors (Lipinski definition) is 1. The first-order valence-corrected chi connectivity index (χ1v) is 4.66. The van der Waals surface area contributed by atoms with E-state index in [1.807, 2.05) is 38.1 Å². The topological polar surface area (TPSA) is 52.3 Å². The van der Waals surface area contributed by atoms with Crippen LogP contribution in [0.25, 0.3) is 0 Å². The molecule has 0 fully saturated rings. The van der Waals surface area contributed by atoms with E-state index in [4.69, 9.17) is 10.5 Å². The van der Waals surface area contributed by atoms with E-state index in [0.717, 1.165) is 12.0 Å². The fourth-order valence-corrected chi connectivity index (χ4v) is 1.31. The smallest absolute Gasteiger partial charge is 0.405 e. The number of carbonyl (C=O) groups is 1. The SMILES string of the molecule is CCC(OC(N)=O)c1ccc(C)cc1. The van der Waals surface area contributed by atoms with Crippen molar-refractivity contribution < 1.29 is 9.53 Å². The van der Waals surface area contributed by atoms with E-state index in [9.17, 15) is 4.79 Å². The fraction of sp³-hybridized carbons (Fsp3) is 0.364. The number of carbonyl (C=O) groups excluding carboxylic acids is 1. The van der Waals surface area contributed by atoms with Crippen LogP contribution in [0.5, 0.6) is 0 Å². The van der Waals surface area contributed by atoms with Gasteiger partial charge in [0.1, 0.15) is 6.10 Å². The van der Waals surface area contributed by atoms with Gasteiger partial charge in [0, 0.05) is 0 Å². The largest absolute Gasteiger partial charge is 0.442 e. The van der Waals surface area contributed by atoms with Gasteiger partial charge in [-0.15, -0.1) is 0 Å². The highest BCUT2D eigenvalue weighted by atomic mass is 16.6. The molecule has 0 aliphatic heterocycles. The second-order valence-corrected chi connectivity index (χ2v) is 3.24. The number of ether oxygens (including phenoxy) is 1. The summed E-state index contributed by atoms with van der Waals surface area (Å²) in [5.41, 5.74) is 7.14. The zero-order chi connectivity index (χ0) is 10.6. The van der Waals surface area contributed by atoms with E-state index in [-0.39, 0.29) is 6.10 Å². The molecule has 1 aromatic carbocycles. The minimum Gasteiger partial charge on any atom is -0.442 e. The van der Waals surface area contributed by atoms with Crippen LogP contribution in [0.1, 0.15) is 30.6 Å². The first-order chi connectivity index (χ1) is 6.63. The lowest BCUT2D eigenvalue weighted by molar-refractivity contribution is 0.104. The molecule has 0 aromatic heterocycles. The second kappa shape index (κ2) is 4.65. The molecule has 3 nitrogen and oxygen atoms in total. The van der Waals surface area contributed by atoms with Gasteiger partial charge in [-0.1, -0.05) is 36.8 Å². The minimum atomic E-state index is -0.725. The fourth-order valence-electron chi connectivity index (χ4n) is 1.31. The molecular weight excluding hydrogens is 178 g/mol. The van der Waals surface area contributed by atoms with Crippen molar-refractivity contribution >= 4 is 6.09 Å². The maximum Gasteiger partial charge on any atom is 0.405 e. The number of nitrogens with two attached hydrogens (primary N) is 1. The first kappa shape index (κ1) is 10.6. The molecule has 0 heterocycles. The van der Waals surface area contributed by atoms with Crippen molar-refractivity contribution in [1.29, 1.82) is 0 Å². The molecule has 0 saturated carbocycles. The summed E-state index contributed by atoms with van der Waals surface area (Å²) >= 11 is 0. The molecular formula is C11H15NO2. The molecule has 1 unspecified atom stereocenters. The molecule has 1 atom stereocenters. The van der Waals surface area contributed by atoms with E-state index in [0.29, 0.717) is 0 Å². The highest BCUT2D eigenvalue weighted by Crippen LogP contribution is 2.20. The molecule has 1 aromatic rings. The van der Waals surface area contributed by atoms with Crippen molar-refractivity contribution in [3.8, 4) is 0 Å². The molecule has 0 spiro atoms. The molecule has 0 aliphatic carbocycles. The predicted octanol–water partition coefficient (Wildman–Crippen LogP) is 2.54. The summed E-state index contributed by atoms with van der Waals surface area (Å²) in [6, 6.07) is 7.88. The molecule has 0 saturated heterocycles. The highest BCUT2D eigenvalue weighted by Gasteiger charge is 2.11. The Labute approximate surface area is 83.9 Å². The number of aryl methyl sites for hydroxylation is 1. The van der Waals surface area contributed by atoms with Crippen LogP contribution < -0.4 is 5.73 Å². The number of benzene rings is 1. The Balaban J connectivity index is 2.78. The van der Waals surface area contributed by atoms with E-state index >= 15 is 0 Å². The van der Waals surface area contributed by atoms with Crippen LogP contribution in [0.4, 0.5) is 4.79 Å². The summed E-state index contributed by atoms with van der Waals surface area (Å²) in [5.74, 6) is 0. The van der Waals surface area contributed by atoms with Crippen LogP contribution >= 0.6 is 0 Å². The zero-order valence-electron chi connectivity index (χ0n) is 8.49. The minimum absolute atomic E-state index is 0.229. The highest BCUT2D eigenvalue weighted by molar-refractivity contribution is 5.65. The van der Waals surface area contributed by atoms with Crippen LogP contribution in [0, 0.1) is 6.92 Å². The Bertz CT molecular complexity index is 306.